The van der Waals surface area contributed by atoms with Crippen molar-refractivity contribution in [2.75, 3.05) is 20.2 Å². The summed E-state index contributed by atoms with van der Waals surface area (Å²) in [4.78, 5) is 10.3. The molecule has 46 heavy (non-hydrogen) atoms. The molecule has 1 unspecified atom stereocenters. The minimum absolute atomic E-state index is 0.680. The molecule has 0 saturated heterocycles. The van der Waals surface area contributed by atoms with E-state index in [2.05, 4.69) is 13.8 Å². The van der Waals surface area contributed by atoms with Crippen LogP contribution in [0.25, 0.3) is 0 Å². The Morgan fingerprint density at radius 2 is 0.543 bits per heavy atom. The van der Waals surface area contributed by atoms with Gasteiger partial charge in [-0.05, 0) is 12.8 Å². The van der Waals surface area contributed by atoms with Crippen LogP contribution in [0, 0.1) is 0 Å². The van der Waals surface area contributed by atoms with E-state index in [4.69, 9.17) is 4.52 Å². The molecule has 0 aromatic heterocycles. The summed E-state index contributed by atoms with van der Waals surface area (Å²) in [6.45, 7) is 5.94. The number of unbranched alkanes of at least 4 members (excludes halogenated alkanes) is 34. The first-order valence-electron chi connectivity index (χ1n) is 21.2. The van der Waals surface area contributed by atoms with Crippen LogP contribution in [0.4, 0.5) is 0 Å². The lowest BCUT2D eigenvalue weighted by molar-refractivity contribution is 0.230. The minimum Gasteiger partial charge on any atom is -0.312 e. The molecule has 0 bridgehead atoms. The van der Waals surface area contributed by atoms with Crippen molar-refractivity contribution in [3.63, 3.8) is 0 Å². The van der Waals surface area contributed by atoms with Crippen LogP contribution >= 0.6 is 7.75 Å². The topological polar surface area (TPSA) is 49.8 Å². The summed E-state index contributed by atoms with van der Waals surface area (Å²) in [7, 11) is -2.26. The highest BCUT2D eigenvalue weighted by Crippen LogP contribution is 2.45. The molecular formula is C41H86NO3P. The molecule has 0 radical (unpaired) electrons. The van der Waals surface area contributed by atoms with Crippen LogP contribution in [0.2, 0.25) is 0 Å². The Morgan fingerprint density at radius 1 is 0.370 bits per heavy atom. The monoisotopic (exact) mass is 672 g/mol. The van der Waals surface area contributed by atoms with Crippen LogP contribution in [-0.4, -0.2) is 29.8 Å². The molecular weight excluding hydrogens is 585 g/mol. The standard InChI is InChI=1S/C41H86NO3P/c1-4-6-8-10-12-14-16-18-20-22-24-26-28-30-32-34-36-38-40-42(46(43,44)45-3)41-39-37-35-33-31-29-27-25-23-21-19-17-15-13-11-9-7-5-2/h4-41H2,1-3H3,(H,43,44). The summed E-state index contributed by atoms with van der Waals surface area (Å²) in [6, 6.07) is 0. The second kappa shape index (κ2) is 37.9. The van der Waals surface area contributed by atoms with Crippen molar-refractivity contribution in [1.29, 1.82) is 0 Å². The molecule has 0 amide bonds. The number of hydrogen-bond acceptors (Lipinski definition) is 2. The fraction of sp³-hybridized carbons (Fsp3) is 1.00. The normalized spacial score (nSPS) is 13.2. The number of rotatable bonds is 40. The SMILES string of the molecule is CCCCCCCCCCCCCCCCCCCCN(CCCCCCCCCCCCCCCCCCCC)P(=O)(O)OC. The molecule has 0 saturated carbocycles. The zero-order chi connectivity index (χ0) is 33.7. The van der Waals surface area contributed by atoms with E-state index in [0.29, 0.717) is 13.1 Å². The van der Waals surface area contributed by atoms with Crippen LogP contribution in [0.15, 0.2) is 0 Å². The van der Waals surface area contributed by atoms with E-state index in [0.717, 1.165) is 25.7 Å². The Morgan fingerprint density at radius 3 is 0.717 bits per heavy atom. The van der Waals surface area contributed by atoms with Crippen LogP contribution in [0.5, 0.6) is 0 Å². The van der Waals surface area contributed by atoms with Crippen molar-refractivity contribution >= 4 is 7.75 Å². The Labute approximate surface area is 291 Å². The van der Waals surface area contributed by atoms with E-state index in [9.17, 15) is 9.46 Å². The third kappa shape index (κ3) is 34.0. The van der Waals surface area contributed by atoms with Crippen molar-refractivity contribution in [3.05, 3.63) is 0 Å². The maximum Gasteiger partial charge on any atom is 0.405 e. The van der Waals surface area contributed by atoms with Gasteiger partial charge in [-0.15, -0.1) is 0 Å². The molecule has 5 heteroatoms. The Balaban J connectivity index is 3.57. The molecule has 0 aromatic carbocycles. The van der Waals surface area contributed by atoms with Crippen molar-refractivity contribution in [2.45, 2.75) is 245 Å². The van der Waals surface area contributed by atoms with Gasteiger partial charge in [0.2, 0.25) is 0 Å². The molecule has 1 atom stereocenters. The summed E-state index contributed by atoms with van der Waals surface area (Å²) in [5.41, 5.74) is 0. The molecule has 0 heterocycles. The van der Waals surface area contributed by atoms with Gasteiger partial charge in [-0.1, -0.05) is 232 Å². The third-order valence-electron chi connectivity index (χ3n) is 10.1. The lowest BCUT2D eigenvalue weighted by Crippen LogP contribution is -2.23. The zero-order valence-corrected chi connectivity index (χ0v) is 32.9. The first-order chi connectivity index (χ1) is 22.6. The smallest absolute Gasteiger partial charge is 0.312 e. The van der Waals surface area contributed by atoms with Crippen LogP contribution in [-0.2, 0) is 9.09 Å². The maximum atomic E-state index is 12.6. The quantitative estimate of drug-likeness (QED) is 0.0520. The second-order valence-electron chi connectivity index (χ2n) is 14.6. The van der Waals surface area contributed by atoms with Crippen LogP contribution < -0.4 is 0 Å². The molecule has 0 aliphatic heterocycles. The zero-order valence-electron chi connectivity index (χ0n) is 32.0. The summed E-state index contributed by atoms with van der Waals surface area (Å²) in [6.07, 6.45) is 49.0. The lowest BCUT2D eigenvalue weighted by Gasteiger charge is -2.25. The molecule has 0 aromatic rings. The molecule has 0 spiro atoms. The molecule has 0 rings (SSSR count). The summed E-state index contributed by atoms with van der Waals surface area (Å²) >= 11 is 0. The van der Waals surface area contributed by atoms with E-state index < -0.39 is 7.75 Å². The van der Waals surface area contributed by atoms with Crippen molar-refractivity contribution in [2.24, 2.45) is 0 Å². The van der Waals surface area contributed by atoms with Gasteiger partial charge in [0, 0.05) is 20.2 Å². The van der Waals surface area contributed by atoms with E-state index in [-0.39, 0.29) is 0 Å². The molecule has 0 aliphatic rings. The lowest BCUT2D eigenvalue weighted by atomic mass is 10.0. The summed E-state index contributed by atoms with van der Waals surface area (Å²) < 4.78 is 19.3. The predicted molar refractivity (Wildman–Crippen MR) is 206 cm³/mol. The first kappa shape index (κ1) is 46.1. The third-order valence-corrected chi connectivity index (χ3v) is 11.7. The Kier molecular flexibility index (Phi) is 38.0. The fourth-order valence-corrected chi connectivity index (χ4v) is 7.89. The Bertz CT molecular complexity index is 577. The van der Waals surface area contributed by atoms with E-state index in [1.807, 2.05) is 0 Å². The van der Waals surface area contributed by atoms with Gasteiger partial charge in [-0.3, -0.25) is 0 Å². The predicted octanol–water partition coefficient (Wildman–Crippen LogP) is 15.1. The minimum atomic E-state index is -3.64. The molecule has 278 valence electrons. The van der Waals surface area contributed by atoms with Crippen molar-refractivity contribution in [3.8, 4) is 0 Å². The van der Waals surface area contributed by atoms with Gasteiger partial charge in [0.1, 0.15) is 0 Å². The van der Waals surface area contributed by atoms with Gasteiger partial charge in [0.25, 0.3) is 0 Å². The van der Waals surface area contributed by atoms with E-state index in [1.54, 1.807) is 4.67 Å². The van der Waals surface area contributed by atoms with Gasteiger partial charge < -0.3 is 9.42 Å². The van der Waals surface area contributed by atoms with Gasteiger partial charge in [-0.25, -0.2) is 9.24 Å². The highest BCUT2D eigenvalue weighted by atomic mass is 31.2. The largest absolute Gasteiger partial charge is 0.405 e. The average Bonchev–Trinajstić information content (AvgIpc) is 3.06. The van der Waals surface area contributed by atoms with Gasteiger partial charge in [0.15, 0.2) is 0 Å². The van der Waals surface area contributed by atoms with Gasteiger partial charge in [0.05, 0.1) is 0 Å². The van der Waals surface area contributed by atoms with E-state index in [1.165, 1.54) is 213 Å². The molecule has 1 N–H and O–H groups in total. The average molecular weight is 672 g/mol. The van der Waals surface area contributed by atoms with Crippen LogP contribution in [0.1, 0.15) is 245 Å². The van der Waals surface area contributed by atoms with Gasteiger partial charge >= 0.3 is 7.75 Å². The van der Waals surface area contributed by atoms with E-state index >= 15 is 0 Å². The highest BCUT2D eigenvalue weighted by molar-refractivity contribution is 7.50. The van der Waals surface area contributed by atoms with Crippen molar-refractivity contribution in [1.82, 2.24) is 4.67 Å². The van der Waals surface area contributed by atoms with Gasteiger partial charge in [-0.2, -0.15) is 0 Å². The Hall–Kier alpha value is 0.110. The van der Waals surface area contributed by atoms with Crippen LogP contribution in [0.3, 0.4) is 0 Å². The number of nitrogens with zero attached hydrogens (tertiary/aromatic N) is 1. The first-order valence-corrected chi connectivity index (χ1v) is 22.8. The molecule has 0 aliphatic carbocycles. The van der Waals surface area contributed by atoms with Crippen molar-refractivity contribution < 1.29 is 14.0 Å². The number of hydrogen-bond donors (Lipinski definition) is 1. The molecule has 0 fully saturated rings. The summed E-state index contributed by atoms with van der Waals surface area (Å²) in [5.74, 6) is 0. The maximum absolute atomic E-state index is 12.6. The molecule has 4 nitrogen and oxygen atoms in total. The summed E-state index contributed by atoms with van der Waals surface area (Å²) in [5, 5.41) is 0. The second-order valence-corrected chi connectivity index (χ2v) is 16.6. The fourth-order valence-electron chi connectivity index (χ4n) is 6.87. The highest BCUT2D eigenvalue weighted by Gasteiger charge is 2.27.